The quantitative estimate of drug-likeness (QED) is 0.204. The number of anilines is 1. The van der Waals surface area contributed by atoms with Crippen molar-refractivity contribution in [3.8, 4) is 11.5 Å². The Morgan fingerprint density at radius 3 is 2.46 bits per heavy atom. The molecule has 1 fully saturated rings. The summed E-state index contributed by atoms with van der Waals surface area (Å²) in [4.78, 5) is 4.89. The molecule has 37 heavy (non-hydrogen) atoms. The van der Waals surface area contributed by atoms with E-state index in [1.807, 2.05) is 0 Å². The molecule has 1 saturated heterocycles. The predicted octanol–water partition coefficient (Wildman–Crippen LogP) is 5.27. The molecule has 2 aromatic carbocycles. The average molecular weight is 529 g/mol. The van der Waals surface area contributed by atoms with Crippen LogP contribution in [0.15, 0.2) is 42.5 Å². The summed E-state index contributed by atoms with van der Waals surface area (Å²) < 4.78 is 12.2. The third kappa shape index (κ3) is 9.40. The van der Waals surface area contributed by atoms with Crippen LogP contribution in [0.3, 0.4) is 0 Å². The summed E-state index contributed by atoms with van der Waals surface area (Å²) in [6.45, 7) is 13.4. The number of nitrogens with two attached hydrogens (primary N) is 1. The fourth-order valence-electron chi connectivity index (χ4n) is 4.76. The number of rotatable bonds is 16. The summed E-state index contributed by atoms with van der Waals surface area (Å²) in [6, 6.07) is 15.6. The monoisotopic (exact) mass is 528 g/mol. The van der Waals surface area contributed by atoms with E-state index in [1.165, 1.54) is 16.8 Å². The summed E-state index contributed by atoms with van der Waals surface area (Å²) in [5.41, 5.74) is 9.27. The number of hydrogen-bond acceptors (Lipinski definition) is 7. The summed E-state index contributed by atoms with van der Waals surface area (Å²) in [6.07, 6.45) is 5.32. The maximum Gasteiger partial charge on any atom is 0.142 e. The van der Waals surface area contributed by atoms with Crippen LogP contribution in [0.1, 0.15) is 63.0 Å². The third-order valence-corrected chi connectivity index (χ3v) is 7.46. The van der Waals surface area contributed by atoms with Crippen molar-refractivity contribution in [2.75, 3.05) is 57.4 Å². The molecule has 1 aliphatic rings. The molecule has 6 nitrogen and oxygen atoms in total. The third-order valence-electron chi connectivity index (χ3n) is 6.84. The van der Waals surface area contributed by atoms with Crippen molar-refractivity contribution >= 4 is 18.3 Å². The fraction of sp³-hybridized carbons (Fsp3) is 0.600. The molecule has 1 unspecified atom stereocenters. The first kappa shape index (κ1) is 29.6. The lowest BCUT2D eigenvalue weighted by Gasteiger charge is -2.39. The van der Waals surface area contributed by atoms with Gasteiger partial charge in [-0.1, -0.05) is 38.1 Å². The molecule has 0 aromatic heterocycles. The number of nitrogens with zero attached hydrogens (tertiary/aromatic N) is 2. The minimum atomic E-state index is 0.0482. The van der Waals surface area contributed by atoms with Gasteiger partial charge in [0.05, 0.1) is 24.3 Å². The van der Waals surface area contributed by atoms with E-state index in [1.54, 1.807) is 0 Å². The van der Waals surface area contributed by atoms with Crippen LogP contribution in [0.5, 0.6) is 11.5 Å². The Morgan fingerprint density at radius 2 is 1.73 bits per heavy atom. The Hall–Kier alpha value is -1.93. The van der Waals surface area contributed by atoms with E-state index >= 15 is 0 Å². The molecule has 1 atom stereocenters. The van der Waals surface area contributed by atoms with Crippen LogP contribution in [0, 0.1) is 0 Å². The zero-order valence-electron chi connectivity index (χ0n) is 23.1. The molecule has 0 radical (unpaired) electrons. The maximum atomic E-state index is 6.15. The van der Waals surface area contributed by atoms with Crippen LogP contribution < -0.4 is 25.4 Å². The van der Waals surface area contributed by atoms with Crippen LogP contribution in [0.2, 0.25) is 0 Å². The van der Waals surface area contributed by atoms with Gasteiger partial charge in [-0.15, -0.1) is 0 Å². The normalized spacial score (nSPS) is 15.2. The zero-order chi connectivity index (χ0) is 26.5. The van der Waals surface area contributed by atoms with E-state index in [4.69, 9.17) is 27.8 Å². The number of nitrogens with one attached hydrogen (secondary N) is 1. The van der Waals surface area contributed by atoms with Crippen molar-refractivity contribution in [3.63, 3.8) is 0 Å². The number of ether oxygens (including phenoxy) is 2. The SMILES string of the molecule is CCOc1cc(C(S)N2CCN(c3ccccc3OCCCCCN)CC2)ccc1CCCNC(C)C. The Labute approximate surface area is 230 Å². The van der Waals surface area contributed by atoms with Gasteiger partial charge < -0.3 is 25.4 Å². The number of aryl methyl sites for hydroxylation is 1. The summed E-state index contributed by atoms with van der Waals surface area (Å²) in [5, 5.41) is 3.55. The van der Waals surface area contributed by atoms with E-state index in [-0.39, 0.29) is 5.37 Å². The Bertz CT molecular complexity index is 918. The van der Waals surface area contributed by atoms with Crippen LogP contribution in [-0.2, 0) is 6.42 Å². The van der Waals surface area contributed by atoms with Crippen LogP contribution in [0.25, 0.3) is 0 Å². The first-order valence-electron chi connectivity index (χ1n) is 14.1. The summed E-state index contributed by atoms with van der Waals surface area (Å²) >= 11 is 5.04. The minimum Gasteiger partial charge on any atom is -0.494 e. The Balaban J connectivity index is 1.56. The number of thiol groups is 1. The molecule has 2 aromatic rings. The molecule has 1 heterocycles. The molecule has 0 saturated carbocycles. The van der Waals surface area contributed by atoms with E-state index in [2.05, 4.69) is 78.4 Å². The highest BCUT2D eigenvalue weighted by atomic mass is 32.1. The van der Waals surface area contributed by atoms with Gasteiger partial charge in [0.1, 0.15) is 11.5 Å². The standard InChI is InChI=1S/C30H48N4O2S/c1-4-35-29-23-26(15-14-25(29)11-10-17-32-24(2)3)30(37)34-20-18-33(19-21-34)27-12-6-7-13-28(27)36-22-9-5-8-16-31/h6-7,12-15,23-24,30,32,37H,4-5,8-11,16-22,31H2,1-3H3. The van der Waals surface area contributed by atoms with Gasteiger partial charge >= 0.3 is 0 Å². The maximum absolute atomic E-state index is 6.15. The van der Waals surface area contributed by atoms with Gasteiger partial charge in [-0.3, -0.25) is 4.90 Å². The van der Waals surface area contributed by atoms with Crippen molar-refractivity contribution in [2.24, 2.45) is 5.73 Å². The van der Waals surface area contributed by atoms with Crippen molar-refractivity contribution < 1.29 is 9.47 Å². The smallest absolute Gasteiger partial charge is 0.142 e. The van der Waals surface area contributed by atoms with E-state index in [0.29, 0.717) is 12.6 Å². The topological polar surface area (TPSA) is 63.0 Å². The molecule has 0 aliphatic carbocycles. The Kier molecular flexibility index (Phi) is 12.9. The first-order valence-corrected chi connectivity index (χ1v) is 14.6. The lowest BCUT2D eigenvalue weighted by Crippen LogP contribution is -2.46. The van der Waals surface area contributed by atoms with Gasteiger partial charge in [-0.25, -0.2) is 0 Å². The summed E-state index contributed by atoms with van der Waals surface area (Å²) in [5.74, 6) is 1.98. The number of hydrogen-bond donors (Lipinski definition) is 3. The molecule has 7 heteroatoms. The molecule has 0 bridgehead atoms. The van der Waals surface area contributed by atoms with Gasteiger partial charge in [0.15, 0.2) is 0 Å². The first-order chi connectivity index (χ1) is 18.0. The zero-order valence-corrected chi connectivity index (χ0v) is 24.0. The van der Waals surface area contributed by atoms with Crippen molar-refractivity contribution in [1.29, 1.82) is 0 Å². The molecule has 0 spiro atoms. The largest absolute Gasteiger partial charge is 0.494 e. The van der Waals surface area contributed by atoms with Gasteiger partial charge in [-0.05, 0) is 81.4 Å². The van der Waals surface area contributed by atoms with Gasteiger partial charge in [0.25, 0.3) is 0 Å². The second kappa shape index (κ2) is 16.1. The number of piperazine rings is 1. The molecule has 206 valence electrons. The van der Waals surface area contributed by atoms with Gasteiger partial charge in [0.2, 0.25) is 0 Å². The lowest BCUT2D eigenvalue weighted by atomic mass is 10.0. The van der Waals surface area contributed by atoms with Crippen LogP contribution in [-0.4, -0.2) is 63.4 Å². The van der Waals surface area contributed by atoms with E-state index in [9.17, 15) is 0 Å². The number of benzene rings is 2. The minimum absolute atomic E-state index is 0.0482. The fourth-order valence-corrected chi connectivity index (χ4v) is 5.15. The molecule has 1 aliphatic heterocycles. The molecule has 0 amide bonds. The number of unbranched alkanes of at least 4 members (excludes halogenated alkanes) is 2. The predicted molar refractivity (Wildman–Crippen MR) is 159 cm³/mol. The van der Waals surface area contributed by atoms with Crippen molar-refractivity contribution in [1.82, 2.24) is 10.2 Å². The lowest BCUT2D eigenvalue weighted by molar-refractivity contribution is 0.242. The second-order valence-corrected chi connectivity index (χ2v) is 10.6. The highest BCUT2D eigenvalue weighted by molar-refractivity contribution is 7.80. The van der Waals surface area contributed by atoms with Crippen LogP contribution in [0.4, 0.5) is 5.69 Å². The van der Waals surface area contributed by atoms with Crippen LogP contribution >= 0.6 is 12.6 Å². The second-order valence-electron chi connectivity index (χ2n) is 10.1. The Morgan fingerprint density at radius 1 is 0.946 bits per heavy atom. The van der Waals surface area contributed by atoms with E-state index in [0.717, 1.165) is 89.5 Å². The van der Waals surface area contributed by atoms with Gasteiger partial charge in [-0.2, -0.15) is 12.6 Å². The number of para-hydroxylation sites is 2. The van der Waals surface area contributed by atoms with Gasteiger partial charge in [0, 0.05) is 32.2 Å². The van der Waals surface area contributed by atoms with Crippen molar-refractivity contribution in [2.45, 2.75) is 64.3 Å². The summed E-state index contributed by atoms with van der Waals surface area (Å²) in [7, 11) is 0. The average Bonchev–Trinajstić information content (AvgIpc) is 2.91. The highest BCUT2D eigenvalue weighted by Gasteiger charge is 2.25. The molecular weight excluding hydrogens is 480 g/mol. The molecule has 3 N–H and O–H groups in total. The van der Waals surface area contributed by atoms with Crippen molar-refractivity contribution in [3.05, 3.63) is 53.6 Å². The highest BCUT2D eigenvalue weighted by Crippen LogP contribution is 2.33. The molecular formula is C30H48N4O2S. The molecule has 3 rings (SSSR count). The van der Waals surface area contributed by atoms with E-state index < -0.39 is 0 Å².